The number of anilines is 1. The molecule has 3 rings (SSSR count). The van der Waals surface area contributed by atoms with Crippen LogP contribution < -0.4 is 15.4 Å². The van der Waals surface area contributed by atoms with E-state index in [0.29, 0.717) is 12.3 Å². The quantitative estimate of drug-likeness (QED) is 0.766. The van der Waals surface area contributed by atoms with Gasteiger partial charge in [0.15, 0.2) is 0 Å². The standard InChI is InChI=1S/C20H30N2O3/c23-18-5-1-2-6-19(18)25-17-9-7-16(8-10-17)22-20(24)14-15-4-3-12-21-13-11-15/h7-10,15,18-19,21,23H,1-6,11-14H2,(H,22,24). The lowest BCUT2D eigenvalue weighted by atomic mass is 9.95. The summed E-state index contributed by atoms with van der Waals surface area (Å²) in [6, 6.07) is 7.48. The van der Waals surface area contributed by atoms with E-state index in [1.54, 1.807) is 0 Å². The van der Waals surface area contributed by atoms with Crippen LogP contribution in [0.25, 0.3) is 0 Å². The van der Waals surface area contributed by atoms with Gasteiger partial charge >= 0.3 is 0 Å². The van der Waals surface area contributed by atoms with Crippen LogP contribution in [0.15, 0.2) is 24.3 Å². The number of nitrogens with one attached hydrogen (secondary N) is 2. The van der Waals surface area contributed by atoms with Crippen molar-refractivity contribution < 1.29 is 14.6 Å². The maximum atomic E-state index is 12.2. The van der Waals surface area contributed by atoms with Gasteiger partial charge in [-0.05, 0) is 81.8 Å². The maximum absolute atomic E-state index is 12.2. The molecule has 0 aromatic heterocycles. The zero-order valence-corrected chi connectivity index (χ0v) is 14.9. The highest BCUT2D eigenvalue weighted by molar-refractivity contribution is 5.90. The lowest BCUT2D eigenvalue weighted by Crippen LogP contribution is -2.34. The molecule has 138 valence electrons. The third-order valence-electron chi connectivity index (χ3n) is 5.26. The van der Waals surface area contributed by atoms with E-state index in [9.17, 15) is 9.90 Å². The van der Waals surface area contributed by atoms with Crippen molar-refractivity contribution in [3.8, 4) is 5.75 Å². The number of hydrogen-bond acceptors (Lipinski definition) is 4. The van der Waals surface area contributed by atoms with Crippen molar-refractivity contribution in [2.45, 2.75) is 63.6 Å². The Hall–Kier alpha value is -1.59. The van der Waals surface area contributed by atoms with E-state index in [-0.39, 0.29) is 18.1 Å². The number of rotatable bonds is 5. The van der Waals surface area contributed by atoms with Crippen LogP contribution in [-0.4, -0.2) is 36.3 Å². The number of aliphatic hydroxyl groups excluding tert-OH is 1. The van der Waals surface area contributed by atoms with Crippen LogP contribution >= 0.6 is 0 Å². The van der Waals surface area contributed by atoms with E-state index in [1.807, 2.05) is 24.3 Å². The van der Waals surface area contributed by atoms with Gasteiger partial charge in [0, 0.05) is 12.1 Å². The number of carbonyl (C=O) groups excluding carboxylic acids is 1. The zero-order chi connectivity index (χ0) is 17.5. The van der Waals surface area contributed by atoms with Crippen molar-refractivity contribution in [2.24, 2.45) is 5.92 Å². The highest BCUT2D eigenvalue weighted by Crippen LogP contribution is 2.25. The molecular weight excluding hydrogens is 316 g/mol. The van der Waals surface area contributed by atoms with Crippen LogP contribution in [0.4, 0.5) is 5.69 Å². The molecule has 2 fully saturated rings. The molecule has 1 saturated carbocycles. The monoisotopic (exact) mass is 346 g/mol. The van der Waals surface area contributed by atoms with Crippen molar-refractivity contribution in [1.29, 1.82) is 0 Å². The van der Waals surface area contributed by atoms with E-state index >= 15 is 0 Å². The molecule has 1 aromatic rings. The van der Waals surface area contributed by atoms with Crippen LogP contribution in [0.2, 0.25) is 0 Å². The summed E-state index contributed by atoms with van der Waals surface area (Å²) < 4.78 is 5.89. The Bertz CT molecular complexity index is 538. The lowest BCUT2D eigenvalue weighted by molar-refractivity contribution is -0.117. The molecule has 3 unspecified atom stereocenters. The number of carbonyl (C=O) groups is 1. The molecule has 0 radical (unpaired) electrons. The third kappa shape index (κ3) is 5.72. The van der Waals surface area contributed by atoms with Crippen LogP contribution in [0.3, 0.4) is 0 Å². The first-order valence-electron chi connectivity index (χ1n) is 9.66. The van der Waals surface area contributed by atoms with E-state index < -0.39 is 0 Å². The predicted molar refractivity (Wildman–Crippen MR) is 98.8 cm³/mol. The molecule has 1 saturated heterocycles. The minimum Gasteiger partial charge on any atom is -0.488 e. The van der Waals surface area contributed by atoms with Gasteiger partial charge in [-0.15, -0.1) is 0 Å². The Labute approximate surface area is 150 Å². The van der Waals surface area contributed by atoms with Gasteiger partial charge in [-0.1, -0.05) is 6.42 Å². The highest BCUT2D eigenvalue weighted by atomic mass is 16.5. The SMILES string of the molecule is O=C(CC1CCCNCC1)Nc1ccc(OC2CCCCC2O)cc1. The van der Waals surface area contributed by atoms with Crippen molar-refractivity contribution in [3.05, 3.63) is 24.3 Å². The van der Waals surface area contributed by atoms with Gasteiger partial charge < -0.3 is 20.5 Å². The first-order chi connectivity index (χ1) is 12.2. The summed E-state index contributed by atoms with van der Waals surface area (Å²) in [5.74, 6) is 1.31. The predicted octanol–water partition coefficient (Wildman–Crippen LogP) is 3.09. The number of benzene rings is 1. The lowest BCUT2D eigenvalue weighted by Gasteiger charge is -2.28. The second-order valence-electron chi connectivity index (χ2n) is 7.33. The summed E-state index contributed by atoms with van der Waals surface area (Å²) in [6.45, 7) is 2.08. The Kier molecular flexibility index (Phi) is 6.70. The highest BCUT2D eigenvalue weighted by Gasteiger charge is 2.24. The van der Waals surface area contributed by atoms with E-state index in [1.165, 1.54) is 0 Å². The van der Waals surface area contributed by atoms with E-state index in [4.69, 9.17) is 4.74 Å². The van der Waals surface area contributed by atoms with Crippen LogP contribution in [0.1, 0.15) is 51.4 Å². The summed E-state index contributed by atoms with van der Waals surface area (Å²) in [4.78, 5) is 12.2. The fourth-order valence-electron chi connectivity index (χ4n) is 3.78. The van der Waals surface area contributed by atoms with Gasteiger partial charge in [-0.2, -0.15) is 0 Å². The average molecular weight is 346 g/mol. The molecule has 5 nitrogen and oxygen atoms in total. The van der Waals surface area contributed by atoms with Gasteiger partial charge in [0.1, 0.15) is 11.9 Å². The second-order valence-corrected chi connectivity index (χ2v) is 7.33. The Balaban J connectivity index is 1.47. The first-order valence-corrected chi connectivity index (χ1v) is 9.66. The van der Waals surface area contributed by atoms with Gasteiger partial charge in [0.2, 0.25) is 5.91 Å². The van der Waals surface area contributed by atoms with Crippen molar-refractivity contribution in [3.63, 3.8) is 0 Å². The number of amides is 1. The Morgan fingerprint density at radius 3 is 2.68 bits per heavy atom. The summed E-state index contributed by atoms with van der Waals surface area (Å²) in [6.07, 6.45) is 7.34. The first kappa shape index (κ1) is 18.2. The number of hydrogen-bond donors (Lipinski definition) is 3. The molecule has 1 aliphatic heterocycles. The molecular formula is C20H30N2O3. The molecule has 3 atom stereocenters. The molecule has 0 spiro atoms. The zero-order valence-electron chi connectivity index (χ0n) is 14.9. The van der Waals surface area contributed by atoms with Gasteiger partial charge in [0.05, 0.1) is 6.10 Å². The maximum Gasteiger partial charge on any atom is 0.224 e. The van der Waals surface area contributed by atoms with Crippen LogP contribution in [-0.2, 0) is 4.79 Å². The van der Waals surface area contributed by atoms with Crippen LogP contribution in [0, 0.1) is 5.92 Å². The molecule has 1 aromatic carbocycles. The van der Waals surface area contributed by atoms with Crippen molar-refractivity contribution >= 4 is 11.6 Å². The van der Waals surface area contributed by atoms with Crippen molar-refractivity contribution in [1.82, 2.24) is 5.32 Å². The summed E-state index contributed by atoms with van der Waals surface area (Å²) in [5, 5.41) is 16.4. The summed E-state index contributed by atoms with van der Waals surface area (Å²) in [7, 11) is 0. The van der Waals surface area contributed by atoms with Crippen molar-refractivity contribution in [2.75, 3.05) is 18.4 Å². The molecule has 1 aliphatic carbocycles. The Morgan fingerprint density at radius 1 is 1.08 bits per heavy atom. The smallest absolute Gasteiger partial charge is 0.224 e. The number of aliphatic hydroxyl groups is 1. The van der Waals surface area contributed by atoms with Gasteiger partial charge in [-0.25, -0.2) is 0 Å². The van der Waals surface area contributed by atoms with E-state index in [2.05, 4.69) is 10.6 Å². The van der Waals surface area contributed by atoms with Gasteiger partial charge in [0.25, 0.3) is 0 Å². The van der Waals surface area contributed by atoms with Crippen LogP contribution in [0.5, 0.6) is 5.75 Å². The third-order valence-corrected chi connectivity index (χ3v) is 5.26. The molecule has 1 heterocycles. The molecule has 25 heavy (non-hydrogen) atoms. The molecule has 0 bridgehead atoms. The minimum atomic E-state index is -0.373. The van der Waals surface area contributed by atoms with Gasteiger partial charge in [-0.3, -0.25) is 4.79 Å². The fourth-order valence-corrected chi connectivity index (χ4v) is 3.78. The molecule has 5 heteroatoms. The largest absolute Gasteiger partial charge is 0.488 e. The van der Waals surface area contributed by atoms with E-state index in [0.717, 1.165) is 69.5 Å². The minimum absolute atomic E-state index is 0.0864. The normalized spacial score (nSPS) is 27.3. The second kappa shape index (κ2) is 9.20. The topological polar surface area (TPSA) is 70.6 Å². The molecule has 1 amide bonds. The fraction of sp³-hybridized carbons (Fsp3) is 0.650. The average Bonchev–Trinajstić information content (AvgIpc) is 2.87. The molecule has 3 N–H and O–H groups in total. The number of ether oxygens (including phenoxy) is 1. The Morgan fingerprint density at radius 2 is 1.88 bits per heavy atom. The molecule has 2 aliphatic rings. The summed E-state index contributed by atoms with van der Waals surface area (Å²) >= 11 is 0. The summed E-state index contributed by atoms with van der Waals surface area (Å²) in [5.41, 5.74) is 0.799.